The third kappa shape index (κ3) is 3.56. The Labute approximate surface area is 151 Å². The summed E-state index contributed by atoms with van der Waals surface area (Å²) < 4.78 is 0. The first-order chi connectivity index (χ1) is 12.0. The van der Waals surface area contributed by atoms with Gasteiger partial charge in [-0.25, -0.2) is 0 Å². The van der Waals surface area contributed by atoms with Gasteiger partial charge in [-0.3, -0.25) is 9.59 Å². The molecule has 3 rings (SSSR count). The van der Waals surface area contributed by atoms with Crippen LogP contribution in [-0.2, 0) is 4.79 Å². The number of thioether (sulfide) groups is 1. The van der Waals surface area contributed by atoms with Crippen LogP contribution in [0.4, 0.5) is 0 Å². The molecule has 0 bridgehead atoms. The van der Waals surface area contributed by atoms with Crippen molar-refractivity contribution >= 4 is 23.6 Å². The Morgan fingerprint density at radius 1 is 1.12 bits per heavy atom. The van der Waals surface area contributed by atoms with Crippen LogP contribution in [0.5, 0.6) is 0 Å². The number of carbonyl (C=O) groups excluding carboxylic acids is 1. The molecule has 0 radical (unpaired) electrons. The molecule has 2 unspecified atom stereocenters. The Balaban J connectivity index is 1.89. The zero-order valence-electron chi connectivity index (χ0n) is 14.3. The fourth-order valence-corrected chi connectivity index (χ4v) is 3.83. The molecule has 0 saturated carbocycles. The van der Waals surface area contributed by atoms with Crippen molar-refractivity contribution in [1.29, 1.82) is 0 Å². The van der Waals surface area contributed by atoms with Gasteiger partial charge in [0.05, 0.1) is 5.92 Å². The smallest absolute Gasteiger partial charge is 0.308 e. The Kier molecular flexibility index (Phi) is 5.13. The number of likely N-dealkylation sites (tertiary alicyclic amines) is 1. The number of carbonyl (C=O) groups is 2. The number of hydrogen-bond acceptors (Lipinski definition) is 3. The summed E-state index contributed by atoms with van der Waals surface area (Å²) in [6, 6.07) is 15.4. The summed E-state index contributed by atoms with van der Waals surface area (Å²) in [6.45, 7) is 2.59. The first-order valence-electron chi connectivity index (χ1n) is 8.23. The normalized spacial score (nSPS) is 19.8. The van der Waals surface area contributed by atoms with Gasteiger partial charge < -0.3 is 10.0 Å². The van der Waals surface area contributed by atoms with Crippen LogP contribution in [0, 0.1) is 12.8 Å². The molecule has 2 aromatic rings. The number of nitrogens with zero attached hydrogens (tertiary/aromatic N) is 1. The van der Waals surface area contributed by atoms with Gasteiger partial charge in [0.15, 0.2) is 0 Å². The molecule has 130 valence electrons. The molecule has 4 nitrogen and oxygen atoms in total. The van der Waals surface area contributed by atoms with E-state index in [0.29, 0.717) is 12.1 Å². The number of hydrogen-bond donors (Lipinski definition) is 1. The molecule has 1 N–H and O–H groups in total. The highest BCUT2D eigenvalue weighted by Crippen LogP contribution is 2.34. The van der Waals surface area contributed by atoms with E-state index in [0.717, 1.165) is 16.0 Å². The molecule has 1 saturated heterocycles. The molecule has 0 aliphatic carbocycles. The minimum Gasteiger partial charge on any atom is -0.481 e. The molecular formula is C20H21NO3S. The third-order valence-corrected chi connectivity index (χ3v) is 5.55. The molecule has 1 amide bonds. The Bertz CT molecular complexity index is 791. The van der Waals surface area contributed by atoms with Crippen molar-refractivity contribution in [2.75, 3.05) is 19.3 Å². The average molecular weight is 355 g/mol. The lowest BCUT2D eigenvalue weighted by atomic mass is 9.89. The minimum absolute atomic E-state index is 0.0851. The summed E-state index contributed by atoms with van der Waals surface area (Å²) in [6.07, 6.45) is 1.97. The second kappa shape index (κ2) is 7.31. The standard InChI is InChI=1S/C20H21NO3S/c1-13-8-9-15(25-2)10-16(13)19(22)21-11-17(18(12-21)20(23)24)14-6-4-3-5-7-14/h3-10,17-18H,11-12H2,1-2H3,(H,23,24). The maximum Gasteiger partial charge on any atom is 0.308 e. The van der Waals surface area contributed by atoms with E-state index in [4.69, 9.17) is 0 Å². The van der Waals surface area contributed by atoms with E-state index < -0.39 is 11.9 Å². The zero-order chi connectivity index (χ0) is 18.0. The van der Waals surface area contributed by atoms with E-state index in [9.17, 15) is 14.7 Å². The number of amides is 1. The average Bonchev–Trinajstić information content (AvgIpc) is 3.08. The van der Waals surface area contributed by atoms with Crippen molar-refractivity contribution < 1.29 is 14.7 Å². The van der Waals surface area contributed by atoms with Crippen LogP contribution < -0.4 is 0 Å². The van der Waals surface area contributed by atoms with Crippen LogP contribution in [0.15, 0.2) is 53.4 Å². The third-order valence-electron chi connectivity index (χ3n) is 4.83. The molecule has 5 heteroatoms. The number of aryl methyl sites for hydroxylation is 1. The van der Waals surface area contributed by atoms with E-state index in [2.05, 4.69) is 0 Å². The number of rotatable bonds is 4. The van der Waals surface area contributed by atoms with Crippen molar-refractivity contribution in [3.05, 3.63) is 65.2 Å². The van der Waals surface area contributed by atoms with Gasteiger partial charge in [0.1, 0.15) is 0 Å². The fraction of sp³-hybridized carbons (Fsp3) is 0.300. The first kappa shape index (κ1) is 17.5. The molecule has 0 spiro atoms. The summed E-state index contributed by atoms with van der Waals surface area (Å²) in [5.41, 5.74) is 2.54. The maximum absolute atomic E-state index is 13.0. The van der Waals surface area contributed by atoms with Crippen LogP contribution in [0.25, 0.3) is 0 Å². The zero-order valence-corrected chi connectivity index (χ0v) is 15.1. The molecule has 1 fully saturated rings. The summed E-state index contributed by atoms with van der Waals surface area (Å²) in [7, 11) is 0. The molecule has 0 aromatic heterocycles. The first-order valence-corrected chi connectivity index (χ1v) is 9.45. The van der Waals surface area contributed by atoms with E-state index in [-0.39, 0.29) is 18.4 Å². The summed E-state index contributed by atoms with van der Waals surface area (Å²) >= 11 is 1.59. The van der Waals surface area contributed by atoms with Crippen molar-refractivity contribution in [2.45, 2.75) is 17.7 Å². The molecular weight excluding hydrogens is 334 g/mol. The van der Waals surface area contributed by atoms with Gasteiger partial charge in [0.25, 0.3) is 5.91 Å². The van der Waals surface area contributed by atoms with Gasteiger partial charge in [0.2, 0.25) is 0 Å². The van der Waals surface area contributed by atoms with Gasteiger partial charge in [-0.15, -0.1) is 11.8 Å². The van der Waals surface area contributed by atoms with Gasteiger partial charge in [-0.1, -0.05) is 36.4 Å². The number of benzene rings is 2. The van der Waals surface area contributed by atoms with Crippen molar-refractivity contribution in [3.63, 3.8) is 0 Å². The fourth-order valence-electron chi connectivity index (χ4n) is 3.39. The number of aliphatic carboxylic acids is 1. The Morgan fingerprint density at radius 3 is 2.48 bits per heavy atom. The Morgan fingerprint density at radius 2 is 1.84 bits per heavy atom. The van der Waals surface area contributed by atoms with Crippen LogP contribution in [0.3, 0.4) is 0 Å². The second-order valence-electron chi connectivity index (χ2n) is 6.35. The van der Waals surface area contributed by atoms with Gasteiger partial charge >= 0.3 is 5.97 Å². The van der Waals surface area contributed by atoms with Crippen molar-refractivity contribution in [2.24, 2.45) is 5.92 Å². The van der Waals surface area contributed by atoms with Crippen molar-refractivity contribution in [1.82, 2.24) is 4.90 Å². The van der Waals surface area contributed by atoms with Crippen LogP contribution in [0.1, 0.15) is 27.4 Å². The molecule has 1 heterocycles. The topological polar surface area (TPSA) is 57.6 Å². The van der Waals surface area contributed by atoms with E-state index in [1.165, 1.54) is 0 Å². The predicted octanol–water partition coefficient (Wildman–Crippen LogP) is 3.66. The predicted molar refractivity (Wildman–Crippen MR) is 99.2 cm³/mol. The van der Waals surface area contributed by atoms with E-state index in [1.807, 2.05) is 61.7 Å². The summed E-state index contributed by atoms with van der Waals surface area (Å²) in [4.78, 5) is 27.4. The van der Waals surface area contributed by atoms with Crippen LogP contribution in [0.2, 0.25) is 0 Å². The number of carboxylic acids is 1. The van der Waals surface area contributed by atoms with Crippen LogP contribution >= 0.6 is 11.8 Å². The minimum atomic E-state index is -0.848. The van der Waals surface area contributed by atoms with E-state index >= 15 is 0 Å². The quantitative estimate of drug-likeness (QED) is 0.851. The number of carboxylic acid groups (broad SMARTS) is 1. The van der Waals surface area contributed by atoms with Gasteiger partial charge in [0, 0.05) is 29.5 Å². The molecule has 2 atom stereocenters. The second-order valence-corrected chi connectivity index (χ2v) is 7.23. The summed E-state index contributed by atoms with van der Waals surface area (Å²) in [5.74, 6) is -1.68. The lowest BCUT2D eigenvalue weighted by Gasteiger charge is -2.18. The largest absolute Gasteiger partial charge is 0.481 e. The van der Waals surface area contributed by atoms with Crippen LogP contribution in [-0.4, -0.2) is 41.2 Å². The lowest BCUT2D eigenvalue weighted by Crippen LogP contribution is -2.30. The van der Waals surface area contributed by atoms with E-state index in [1.54, 1.807) is 16.7 Å². The monoisotopic (exact) mass is 355 g/mol. The molecule has 2 aromatic carbocycles. The van der Waals surface area contributed by atoms with Crippen molar-refractivity contribution in [3.8, 4) is 0 Å². The highest BCUT2D eigenvalue weighted by atomic mass is 32.2. The summed E-state index contributed by atoms with van der Waals surface area (Å²) in [5, 5.41) is 9.61. The Hall–Kier alpha value is -2.27. The molecule has 1 aliphatic rings. The maximum atomic E-state index is 13.0. The highest BCUT2D eigenvalue weighted by molar-refractivity contribution is 7.98. The SMILES string of the molecule is CSc1ccc(C)c(C(=O)N2CC(C(=O)O)C(c3ccccc3)C2)c1. The molecule has 25 heavy (non-hydrogen) atoms. The van der Waals surface area contributed by atoms with Gasteiger partial charge in [-0.2, -0.15) is 0 Å². The molecule has 1 aliphatic heterocycles. The van der Waals surface area contributed by atoms with Gasteiger partial charge in [-0.05, 0) is 36.4 Å². The highest BCUT2D eigenvalue weighted by Gasteiger charge is 2.40. The lowest BCUT2D eigenvalue weighted by molar-refractivity contribution is -0.141.